The summed E-state index contributed by atoms with van der Waals surface area (Å²) in [5, 5.41) is 17.2. The first-order chi connectivity index (χ1) is 18.5. The second-order valence-corrected chi connectivity index (χ2v) is 7.99. The molecule has 0 bridgehead atoms. The van der Waals surface area contributed by atoms with E-state index in [0.717, 1.165) is 0 Å². The number of carbonyl (C=O) groups excluding carboxylic acids is 4. The summed E-state index contributed by atoms with van der Waals surface area (Å²) in [5.41, 5.74) is 1.16. The Hall–Kier alpha value is -5.06. The van der Waals surface area contributed by atoms with Gasteiger partial charge >= 0.3 is 23.9 Å². The second-order valence-electron chi connectivity index (χ2n) is 7.99. The van der Waals surface area contributed by atoms with Crippen molar-refractivity contribution in [3.05, 3.63) is 65.7 Å². The molecule has 0 atom stereocenters. The molecular weight excluding hydrogens is 512 g/mol. The summed E-state index contributed by atoms with van der Waals surface area (Å²) in [6.07, 6.45) is 3.83. The van der Waals surface area contributed by atoms with Crippen molar-refractivity contribution in [1.82, 2.24) is 0 Å². The van der Waals surface area contributed by atoms with Crippen molar-refractivity contribution in [3.8, 4) is 17.2 Å². The van der Waals surface area contributed by atoms with Crippen molar-refractivity contribution in [2.24, 2.45) is 0 Å². The molecule has 0 heterocycles. The minimum atomic E-state index is -1.12. The monoisotopic (exact) mass is 538 g/mol. The van der Waals surface area contributed by atoms with Gasteiger partial charge in [-0.3, -0.25) is 28.8 Å². The normalized spacial score (nSPS) is 10.8. The van der Waals surface area contributed by atoms with Gasteiger partial charge in [-0.05, 0) is 47.5 Å². The number of allylic oxidation sites excluding steroid dienone is 2. The van der Waals surface area contributed by atoms with Gasteiger partial charge in [-0.25, -0.2) is 0 Å². The molecule has 11 nitrogen and oxygen atoms in total. The van der Waals surface area contributed by atoms with Crippen LogP contribution in [0.3, 0.4) is 0 Å². The van der Waals surface area contributed by atoms with Crippen molar-refractivity contribution in [3.63, 3.8) is 0 Å². The zero-order valence-electron chi connectivity index (χ0n) is 21.0. The molecule has 39 heavy (non-hydrogen) atoms. The van der Waals surface area contributed by atoms with Gasteiger partial charge in [-0.2, -0.15) is 0 Å². The molecule has 2 N–H and O–H groups in total. The number of carboxylic acids is 2. The fraction of sp³-hybridized carbons (Fsp3) is 0.214. The van der Waals surface area contributed by atoms with Gasteiger partial charge in [0.05, 0.1) is 39.2 Å². The van der Waals surface area contributed by atoms with Crippen molar-refractivity contribution >= 4 is 47.6 Å². The maximum Gasteiger partial charge on any atom is 0.311 e. The highest BCUT2D eigenvalue weighted by Crippen LogP contribution is 2.29. The highest BCUT2D eigenvalue weighted by molar-refractivity contribution is 6.10. The number of hydrogen-bond acceptors (Lipinski definition) is 9. The minimum Gasteiger partial charge on any atom is -0.493 e. The molecule has 0 unspecified atom stereocenters. The van der Waals surface area contributed by atoms with E-state index in [1.807, 2.05) is 0 Å². The number of ketones is 2. The van der Waals surface area contributed by atoms with Crippen molar-refractivity contribution in [2.45, 2.75) is 32.1 Å². The molecule has 0 saturated carbocycles. The van der Waals surface area contributed by atoms with Gasteiger partial charge in [0, 0.05) is 0 Å². The Kier molecular flexibility index (Phi) is 11.8. The maximum absolute atomic E-state index is 12.2. The smallest absolute Gasteiger partial charge is 0.311 e. The van der Waals surface area contributed by atoms with E-state index >= 15 is 0 Å². The maximum atomic E-state index is 12.2. The first kappa shape index (κ1) is 30.2. The Morgan fingerprint density at radius 1 is 0.667 bits per heavy atom. The first-order valence-electron chi connectivity index (χ1n) is 11.6. The van der Waals surface area contributed by atoms with Crippen LogP contribution in [0.15, 0.2) is 54.6 Å². The molecule has 2 aromatic carbocycles. The van der Waals surface area contributed by atoms with Crippen LogP contribution < -0.4 is 14.2 Å². The largest absolute Gasteiger partial charge is 0.493 e. The molecule has 0 aliphatic heterocycles. The van der Waals surface area contributed by atoms with E-state index in [9.17, 15) is 28.8 Å². The third-order valence-electron chi connectivity index (χ3n) is 4.88. The van der Waals surface area contributed by atoms with Crippen LogP contribution in [0.4, 0.5) is 0 Å². The predicted octanol–water partition coefficient (Wildman–Crippen LogP) is 3.49. The lowest BCUT2D eigenvalue weighted by Crippen LogP contribution is -2.10. The highest BCUT2D eigenvalue weighted by Gasteiger charge is 2.12. The molecule has 11 heteroatoms. The fourth-order valence-electron chi connectivity index (χ4n) is 2.96. The molecule has 2 rings (SSSR count). The highest BCUT2D eigenvalue weighted by atomic mass is 16.6. The van der Waals surface area contributed by atoms with Crippen LogP contribution in [-0.2, 0) is 28.8 Å². The van der Waals surface area contributed by atoms with Crippen LogP contribution in [-0.4, -0.2) is 52.8 Å². The van der Waals surface area contributed by atoms with Gasteiger partial charge < -0.3 is 24.4 Å². The number of esters is 2. The molecule has 0 fully saturated rings. The van der Waals surface area contributed by atoms with Crippen molar-refractivity contribution in [2.75, 3.05) is 7.11 Å². The van der Waals surface area contributed by atoms with Gasteiger partial charge in [0.15, 0.2) is 23.1 Å². The lowest BCUT2D eigenvalue weighted by Gasteiger charge is -2.09. The number of methoxy groups -OCH3 is 1. The summed E-state index contributed by atoms with van der Waals surface area (Å²) in [7, 11) is 1.36. The average Bonchev–Trinajstić information content (AvgIpc) is 2.89. The lowest BCUT2D eigenvalue weighted by molar-refractivity contribution is -0.142. The Bertz CT molecular complexity index is 1290. The number of ether oxygens (including phenoxy) is 3. The lowest BCUT2D eigenvalue weighted by atomic mass is 10.1. The number of carboxylic acid groups (broad SMARTS) is 2. The molecule has 204 valence electrons. The molecule has 0 saturated heterocycles. The van der Waals surface area contributed by atoms with Gasteiger partial charge in [0.25, 0.3) is 0 Å². The number of aliphatic carboxylic acids is 2. The van der Waals surface area contributed by atoms with E-state index in [-0.39, 0.29) is 49.4 Å². The van der Waals surface area contributed by atoms with Crippen LogP contribution >= 0.6 is 0 Å². The van der Waals surface area contributed by atoms with E-state index in [4.69, 9.17) is 24.4 Å². The van der Waals surface area contributed by atoms with E-state index in [2.05, 4.69) is 0 Å². The summed E-state index contributed by atoms with van der Waals surface area (Å²) in [4.78, 5) is 68.7. The summed E-state index contributed by atoms with van der Waals surface area (Å²) in [5.74, 6) is -3.97. The molecule has 0 amide bonds. The molecule has 2 aromatic rings. The Morgan fingerprint density at radius 3 is 1.72 bits per heavy atom. The minimum absolute atomic E-state index is 0.0982. The van der Waals surface area contributed by atoms with Crippen molar-refractivity contribution < 1.29 is 53.2 Å². The van der Waals surface area contributed by atoms with Crippen molar-refractivity contribution in [1.29, 1.82) is 0 Å². The van der Waals surface area contributed by atoms with Gasteiger partial charge in [0.1, 0.15) is 5.75 Å². The van der Waals surface area contributed by atoms with Gasteiger partial charge in [0.2, 0.25) is 0 Å². The van der Waals surface area contributed by atoms with Crippen LogP contribution in [0.2, 0.25) is 0 Å². The number of carbonyl (C=O) groups is 6. The number of hydrogen-bond donors (Lipinski definition) is 2. The van der Waals surface area contributed by atoms with E-state index in [1.54, 1.807) is 18.2 Å². The summed E-state index contributed by atoms with van der Waals surface area (Å²) in [6, 6.07) is 10.7. The average molecular weight is 539 g/mol. The fourth-order valence-corrected chi connectivity index (χ4v) is 2.96. The topological polar surface area (TPSA) is 171 Å². The molecule has 0 spiro atoms. The van der Waals surface area contributed by atoms with E-state index < -0.39 is 35.4 Å². The zero-order valence-corrected chi connectivity index (χ0v) is 21.0. The summed E-state index contributed by atoms with van der Waals surface area (Å²) in [6.45, 7) is 0. The Labute approximate surface area is 223 Å². The van der Waals surface area contributed by atoms with Crippen LogP contribution in [0, 0.1) is 0 Å². The third-order valence-corrected chi connectivity index (χ3v) is 4.88. The number of benzene rings is 2. The van der Waals surface area contributed by atoms with Crippen LogP contribution in [0.5, 0.6) is 17.2 Å². The Morgan fingerprint density at radius 2 is 1.18 bits per heavy atom. The molecule has 0 aliphatic carbocycles. The first-order valence-corrected chi connectivity index (χ1v) is 11.6. The van der Waals surface area contributed by atoms with E-state index in [0.29, 0.717) is 11.1 Å². The zero-order chi connectivity index (χ0) is 28.8. The van der Waals surface area contributed by atoms with Crippen LogP contribution in [0.25, 0.3) is 12.2 Å². The predicted molar refractivity (Wildman–Crippen MR) is 137 cm³/mol. The summed E-state index contributed by atoms with van der Waals surface area (Å²) < 4.78 is 15.3. The second kappa shape index (κ2) is 15.3. The third kappa shape index (κ3) is 11.7. The number of rotatable bonds is 15. The Balaban J connectivity index is 1.88. The quantitative estimate of drug-likeness (QED) is 0.147. The molecule has 0 aliphatic rings. The van der Waals surface area contributed by atoms with E-state index in [1.165, 1.54) is 55.7 Å². The van der Waals surface area contributed by atoms with Gasteiger partial charge in [-0.1, -0.05) is 30.4 Å². The SMILES string of the molecule is COc1cc(C=CC(=O)CC(=O)C=Cc2ccc(OC(=O)CCC(=O)O)cc2)ccc1OC(=O)CCC(=O)O. The summed E-state index contributed by atoms with van der Waals surface area (Å²) >= 11 is 0. The standard InChI is InChI=1S/C28H26O11/c1-37-24-16-19(6-11-23(24)39-28(36)15-13-26(33)34)3-8-21(30)17-20(29)7-2-18-4-9-22(10-5-18)38-27(35)14-12-25(31)32/h2-11,16H,12-15,17H2,1H3,(H,31,32)(H,33,34). The molecular formula is C28H26O11. The molecule has 0 radical (unpaired) electrons. The van der Waals surface area contributed by atoms with Crippen LogP contribution in [0.1, 0.15) is 43.2 Å². The van der Waals surface area contributed by atoms with Gasteiger partial charge in [-0.15, -0.1) is 0 Å². The molecule has 0 aromatic heterocycles.